The van der Waals surface area contributed by atoms with Gasteiger partial charge in [0.25, 0.3) is 0 Å². The van der Waals surface area contributed by atoms with Gasteiger partial charge in [-0.05, 0) is 26.0 Å². The molecular weight excluding hydrogens is 222 g/mol. The molecule has 0 aliphatic carbocycles. The molecule has 1 aromatic carbocycles. The second-order valence-corrected chi connectivity index (χ2v) is 4.73. The van der Waals surface area contributed by atoms with E-state index in [1.54, 1.807) is 0 Å². The summed E-state index contributed by atoms with van der Waals surface area (Å²) in [5, 5.41) is 3.43. The number of para-hydroxylation sites is 1. The fourth-order valence-corrected chi connectivity index (χ4v) is 2.10. The van der Waals surface area contributed by atoms with Gasteiger partial charge >= 0.3 is 0 Å². The van der Waals surface area contributed by atoms with Crippen LogP contribution in [0.2, 0.25) is 0 Å². The number of hydrogen-bond donors (Lipinski definition) is 1. The summed E-state index contributed by atoms with van der Waals surface area (Å²) in [6, 6.07) is 8.69. The number of benzene rings is 1. The van der Waals surface area contributed by atoms with Gasteiger partial charge in [-0.3, -0.25) is 0 Å². The van der Waals surface area contributed by atoms with Gasteiger partial charge in [0.2, 0.25) is 0 Å². The van der Waals surface area contributed by atoms with Crippen LogP contribution in [0.4, 0.5) is 0 Å². The van der Waals surface area contributed by atoms with Crippen molar-refractivity contribution < 1.29 is 4.74 Å². The van der Waals surface area contributed by atoms with E-state index >= 15 is 0 Å². The Kier molecular flexibility index (Phi) is 7.51. The number of nitrogens with one attached hydrogen (secondary N) is 1. The Hall–Kier alpha value is -1.02. The maximum Gasteiger partial charge on any atom is 0.124 e. The Balaban J connectivity index is 2.48. The van der Waals surface area contributed by atoms with Crippen molar-refractivity contribution in [3.63, 3.8) is 0 Å². The Morgan fingerprint density at radius 3 is 2.61 bits per heavy atom. The lowest BCUT2D eigenvalue weighted by molar-refractivity contribution is 0.299. The third kappa shape index (κ3) is 5.09. The molecular formula is C16H27NO. The summed E-state index contributed by atoms with van der Waals surface area (Å²) >= 11 is 0. The first kappa shape index (κ1) is 15.0. The zero-order chi connectivity index (χ0) is 13.2. The summed E-state index contributed by atoms with van der Waals surface area (Å²) in [6.45, 7) is 8.35. The summed E-state index contributed by atoms with van der Waals surface area (Å²) in [5.41, 5.74) is 1.26. The standard InChI is InChI=1S/C16H27NO/c1-4-6-7-10-13-18-16-12-9-8-11-15(16)14(3)17-5-2/h8-9,11-12,14,17H,4-7,10,13H2,1-3H3. The second-order valence-electron chi connectivity index (χ2n) is 4.73. The summed E-state index contributed by atoms with van der Waals surface area (Å²) in [5.74, 6) is 1.03. The topological polar surface area (TPSA) is 21.3 Å². The van der Waals surface area contributed by atoms with E-state index in [1.165, 1.54) is 24.8 Å². The zero-order valence-electron chi connectivity index (χ0n) is 12.0. The molecule has 0 bridgehead atoms. The predicted octanol–water partition coefficient (Wildman–Crippen LogP) is 4.32. The minimum Gasteiger partial charge on any atom is -0.493 e. The summed E-state index contributed by atoms with van der Waals surface area (Å²) in [7, 11) is 0. The van der Waals surface area contributed by atoms with Crippen molar-refractivity contribution in [3.05, 3.63) is 29.8 Å². The van der Waals surface area contributed by atoms with Gasteiger partial charge in [0, 0.05) is 11.6 Å². The molecule has 0 heterocycles. The first-order valence-corrected chi connectivity index (χ1v) is 7.24. The van der Waals surface area contributed by atoms with E-state index in [9.17, 15) is 0 Å². The fourth-order valence-electron chi connectivity index (χ4n) is 2.10. The summed E-state index contributed by atoms with van der Waals surface area (Å²) < 4.78 is 5.91. The largest absolute Gasteiger partial charge is 0.493 e. The summed E-state index contributed by atoms with van der Waals surface area (Å²) in [6.07, 6.45) is 4.99. The molecule has 0 saturated heterocycles. The summed E-state index contributed by atoms with van der Waals surface area (Å²) in [4.78, 5) is 0. The predicted molar refractivity (Wildman–Crippen MR) is 78.2 cm³/mol. The minimum absolute atomic E-state index is 0.349. The van der Waals surface area contributed by atoms with Crippen molar-refractivity contribution in [2.24, 2.45) is 0 Å². The third-order valence-electron chi connectivity index (χ3n) is 3.15. The van der Waals surface area contributed by atoms with Gasteiger partial charge in [0.15, 0.2) is 0 Å². The van der Waals surface area contributed by atoms with E-state index in [2.05, 4.69) is 44.3 Å². The molecule has 0 amide bonds. The van der Waals surface area contributed by atoms with E-state index in [1.807, 2.05) is 6.07 Å². The smallest absolute Gasteiger partial charge is 0.124 e. The molecule has 1 N–H and O–H groups in total. The Morgan fingerprint density at radius 2 is 1.89 bits per heavy atom. The molecule has 1 aromatic rings. The van der Waals surface area contributed by atoms with E-state index in [0.717, 1.165) is 25.3 Å². The van der Waals surface area contributed by atoms with Crippen LogP contribution in [-0.4, -0.2) is 13.2 Å². The molecule has 2 nitrogen and oxygen atoms in total. The van der Waals surface area contributed by atoms with Crippen LogP contribution in [0.15, 0.2) is 24.3 Å². The second kappa shape index (κ2) is 8.98. The van der Waals surface area contributed by atoms with E-state index in [4.69, 9.17) is 4.74 Å². The Morgan fingerprint density at radius 1 is 1.11 bits per heavy atom. The number of rotatable bonds is 9. The van der Waals surface area contributed by atoms with Gasteiger partial charge in [0.1, 0.15) is 5.75 Å². The SMILES string of the molecule is CCCCCCOc1ccccc1C(C)NCC. The first-order chi connectivity index (χ1) is 8.79. The van der Waals surface area contributed by atoms with Crippen LogP contribution >= 0.6 is 0 Å². The molecule has 18 heavy (non-hydrogen) atoms. The molecule has 0 aliphatic heterocycles. The van der Waals surface area contributed by atoms with E-state index in [0.29, 0.717) is 6.04 Å². The maximum absolute atomic E-state index is 5.91. The van der Waals surface area contributed by atoms with Crippen molar-refractivity contribution in [1.82, 2.24) is 5.32 Å². The quantitative estimate of drug-likeness (QED) is 0.658. The highest BCUT2D eigenvalue weighted by atomic mass is 16.5. The van der Waals surface area contributed by atoms with E-state index < -0.39 is 0 Å². The molecule has 0 fully saturated rings. The lowest BCUT2D eigenvalue weighted by Crippen LogP contribution is -2.18. The monoisotopic (exact) mass is 249 g/mol. The first-order valence-electron chi connectivity index (χ1n) is 7.24. The van der Waals surface area contributed by atoms with Crippen LogP contribution in [0.3, 0.4) is 0 Å². The zero-order valence-corrected chi connectivity index (χ0v) is 12.0. The van der Waals surface area contributed by atoms with Crippen molar-refractivity contribution >= 4 is 0 Å². The lowest BCUT2D eigenvalue weighted by atomic mass is 10.1. The van der Waals surface area contributed by atoms with Crippen molar-refractivity contribution in [1.29, 1.82) is 0 Å². The molecule has 1 atom stereocenters. The van der Waals surface area contributed by atoms with Gasteiger partial charge < -0.3 is 10.1 Å². The van der Waals surface area contributed by atoms with Gasteiger partial charge in [-0.1, -0.05) is 51.3 Å². The highest BCUT2D eigenvalue weighted by molar-refractivity contribution is 5.35. The average Bonchev–Trinajstić information content (AvgIpc) is 2.39. The molecule has 102 valence electrons. The van der Waals surface area contributed by atoms with Gasteiger partial charge in [-0.25, -0.2) is 0 Å². The number of unbranched alkanes of at least 4 members (excludes halogenated alkanes) is 3. The number of hydrogen-bond acceptors (Lipinski definition) is 2. The average molecular weight is 249 g/mol. The van der Waals surface area contributed by atoms with Gasteiger partial charge in [-0.15, -0.1) is 0 Å². The van der Waals surface area contributed by atoms with Gasteiger partial charge in [-0.2, -0.15) is 0 Å². The molecule has 1 rings (SSSR count). The highest BCUT2D eigenvalue weighted by Gasteiger charge is 2.09. The number of ether oxygens (including phenoxy) is 1. The normalized spacial score (nSPS) is 12.4. The fraction of sp³-hybridized carbons (Fsp3) is 0.625. The van der Waals surface area contributed by atoms with E-state index in [-0.39, 0.29) is 0 Å². The van der Waals surface area contributed by atoms with Crippen LogP contribution in [0.5, 0.6) is 5.75 Å². The lowest BCUT2D eigenvalue weighted by Gasteiger charge is -2.17. The molecule has 0 aliphatic rings. The van der Waals surface area contributed by atoms with Crippen LogP contribution in [0.1, 0.15) is 58.1 Å². The molecule has 0 spiro atoms. The van der Waals surface area contributed by atoms with Crippen LogP contribution in [-0.2, 0) is 0 Å². The Labute approximate surface area is 112 Å². The third-order valence-corrected chi connectivity index (χ3v) is 3.15. The molecule has 0 aromatic heterocycles. The minimum atomic E-state index is 0.349. The molecule has 0 radical (unpaired) electrons. The van der Waals surface area contributed by atoms with Crippen molar-refractivity contribution in [2.45, 2.75) is 52.5 Å². The maximum atomic E-state index is 5.91. The van der Waals surface area contributed by atoms with Crippen molar-refractivity contribution in [2.75, 3.05) is 13.2 Å². The Bertz CT molecular complexity index is 325. The van der Waals surface area contributed by atoms with Crippen LogP contribution in [0.25, 0.3) is 0 Å². The van der Waals surface area contributed by atoms with Crippen molar-refractivity contribution in [3.8, 4) is 5.75 Å². The van der Waals surface area contributed by atoms with Crippen LogP contribution < -0.4 is 10.1 Å². The highest BCUT2D eigenvalue weighted by Crippen LogP contribution is 2.24. The van der Waals surface area contributed by atoms with Crippen LogP contribution in [0, 0.1) is 0 Å². The molecule has 1 unspecified atom stereocenters. The van der Waals surface area contributed by atoms with Gasteiger partial charge in [0.05, 0.1) is 6.61 Å². The molecule has 0 saturated carbocycles. The molecule has 2 heteroatoms.